The van der Waals surface area contributed by atoms with Crippen molar-refractivity contribution in [1.82, 2.24) is 9.55 Å². The number of methoxy groups -OCH3 is 1. The van der Waals surface area contributed by atoms with Crippen molar-refractivity contribution < 1.29 is 13.2 Å². The summed E-state index contributed by atoms with van der Waals surface area (Å²) in [5.41, 5.74) is 3.52. The fourth-order valence-electron chi connectivity index (χ4n) is 3.22. The Balaban J connectivity index is 1.90. The first-order chi connectivity index (χ1) is 12.9. The third-order valence-electron chi connectivity index (χ3n) is 4.47. The van der Waals surface area contributed by atoms with E-state index < -0.39 is 10.0 Å². The van der Waals surface area contributed by atoms with Gasteiger partial charge in [0.15, 0.2) is 0 Å². The van der Waals surface area contributed by atoms with Gasteiger partial charge in [0.05, 0.1) is 33.6 Å². The minimum Gasteiger partial charge on any atom is -0.497 e. The van der Waals surface area contributed by atoms with Gasteiger partial charge in [0.2, 0.25) is 10.0 Å². The first kappa shape index (κ1) is 17.8. The number of sulfonamides is 1. The Hall–Kier alpha value is -2.61. The maximum Gasteiger partial charge on any atom is 0.238 e. The third kappa shape index (κ3) is 3.14. The molecule has 0 saturated heterocycles. The summed E-state index contributed by atoms with van der Waals surface area (Å²) in [6, 6.07) is 14.0. The monoisotopic (exact) mass is 401 g/mol. The molecule has 2 heterocycles. The molecule has 0 spiro atoms. The Labute approximate surface area is 161 Å². The number of rotatable bonds is 4. The van der Waals surface area contributed by atoms with E-state index >= 15 is 0 Å². The molecule has 0 aliphatic rings. The minimum absolute atomic E-state index is 0.0814. The predicted octanol–water partition coefficient (Wildman–Crippen LogP) is 3.55. The quantitative estimate of drug-likeness (QED) is 0.566. The molecule has 0 atom stereocenters. The molecule has 2 N–H and O–H groups in total. The number of hydrogen-bond acceptors (Lipinski definition) is 4. The van der Waals surface area contributed by atoms with Crippen molar-refractivity contribution in [2.45, 2.75) is 11.4 Å². The number of aromatic nitrogens is 2. The van der Waals surface area contributed by atoms with Gasteiger partial charge >= 0.3 is 0 Å². The van der Waals surface area contributed by atoms with Gasteiger partial charge in [0, 0.05) is 24.2 Å². The highest BCUT2D eigenvalue weighted by Gasteiger charge is 2.16. The maximum atomic E-state index is 11.5. The van der Waals surface area contributed by atoms with E-state index in [1.54, 1.807) is 31.5 Å². The molecular weight excluding hydrogens is 386 g/mol. The molecule has 27 heavy (non-hydrogen) atoms. The molecule has 0 unspecified atom stereocenters. The highest BCUT2D eigenvalue weighted by Crippen LogP contribution is 2.36. The van der Waals surface area contributed by atoms with Crippen LogP contribution in [0.4, 0.5) is 0 Å². The summed E-state index contributed by atoms with van der Waals surface area (Å²) >= 11 is 6.54. The third-order valence-corrected chi connectivity index (χ3v) is 5.68. The van der Waals surface area contributed by atoms with Crippen LogP contribution < -0.4 is 9.88 Å². The van der Waals surface area contributed by atoms with Crippen LogP contribution in [0, 0.1) is 0 Å². The maximum absolute atomic E-state index is 11.5. The number of halogens is 1. The van der Waals surface area contributed by atoms with Crippen LogP contribution in [-0.2, 0) is 16.6 Å². The van der Waals surface area contributed by atoms with Gasteiger partial charge in [-0.3, -0.25) is 4.98 Å². The number of primary sulfonamides is 1. The van der Waals surface area contributed by atoms with Crippen molar-refractivity contribution in [1.29, 1.82) is 0 Å². The molecule has 2 aromatic heterocycles. The first-order valence-electron chi connectivity index (χ1n) is 8.10. The molecule has 2 aromatic carbocycles. The van der Waals surface area contributed by atoms with Gasteiger partial charge in [-0.25, -0.2) is 13.6 Å². The van der Waals surface area contributed by atoms with Crippen LogP contribution in [0.3, 0.4) is 0 Å². The molecule has 0 aliphatic heterocycles. The molecule has 138 valence electrons. The van der Waals surface area contributed by atoms with Crippen molar-refractivity contribution in [2.24, 2.45) is 5.14 Å². The SMILES string of the molecule is COc1cc(Cl)c2c(c1)c1ncccc1n2Cc1ccc(S(N)(=O)=O)cc1. The fourth-order valence-corrected chi connectivity index (χ4v) is 4.05. The van der Waals surface area contributed by atoms with E-state index in [0.717, 1.165) is 27.5 Å². The molecule has 0 saturated carbocycles. The molecule has 0 bridgehead atoms. The largest absolute Gasteiger partial charge is 0.497 e. The number of pyridine rings is 1. The van der Waals surface area contributed by atoms with Crippen molar-refractivity contribution in [2.75, 3.05) is 7.11 Å². The van der Waals surface area contributed by atoms with E-state index in [1.807, 2.05) is 18.2 Å². The molecule has 0 amide bonds. The number of nitrogens with zero attached hydrogens (tertiary/aromatic N) is 2. The smallest absolute Gasteiger partial charge is 0.238 e. The average Bonchev–Trinajstić information content (AvgIpc) is 2.96. The second kappa shape index (κ2) is 6.53. The molecule has 6 nitrogen and oxygen atoms in total. The van der Waals surface area contributed by atoms with Crippen molar-refractivity contribution >= 4 is 43.6 Å². The van der Waals surface area contributed by atoms with Gasteiger partial charge in [-0.05, 0) is 35.9 Å². The second-order valence-electron chi connectivity index (χ2n) is 6.15. The van der Waals surface area contributed by atoms with Crippen molar-refractivity contribution in [3.8, 4) is 5.75 Å². The summed E-state index contributed by atoms with van der Waals surface area (Å²) in [5.74, 6) is 0.662. The van der Waals surface area contributed by atoms with E-state index in [1.165, 1.54) is 12.1 Å². The lowest BCUT2D eigenvalue weighted by Crippen LogP contribution is -2.12. The van der Waals surface area contributed by atoms with Gasteiger partial charge in [0.25, 0.3) is 0 Å². The highest BCUT2D eigenvalue weighted by atomic mass is 35.5. The topological polar surface area (TPSA) is 87.2 Å². The molecule has 0 radical (unpaired) electrons. The van der Waals surface area contributed by atoms with Crippen LogP contribution in [0.1, 0.15) is 5.56 Å². The van der Waals surface area contributed by atoms with Crippen LogP contribution in [0.15, 0.2) is 59.6 Å². The molecule has 8 heteroatoms. The lowest BCUT2D eigenvalue weighted by atomic mass is 10.2. The number of benzene rings is 2. The lowest BCUT2D eigenvalue weighted by molar-refractivity contribution is 0.415. The summed E-state index contributed by atoms with van der Waals surface area (Å²) in [5, 5.41) is 6.63. The van der Waals surface area contributed by atoms with Crippen LogP contribution in [-0.4, -0.2) is 25.1 Å². The number of nitrogens with two attached hydrogens (primary N) is 1. The zero-order valence-corrected chi connectivity index (χ0v) is 16.0. The first-order valence-corrected chi connectivity index (χ1v) is 10.0. The Morgan fingerprint density at radius 3 is 2.59 bits per heavy atom. The van der Waals surface area contributed by atoms with Gasteiger partial charge in [-0.2, -0.15) is 0 Å². The molecule has 0 fully saturated rings. The van der Waals surface area contributed by atoms with E-state index in [0.29, 0.717) is 17.3 Å². The minimum atomic E-state index is -3.72. The average molecular weight is 402 g/mol. The van der Waals surface area contributed by atoms with Gasteiger partial charge in [0.1, 0.15) is 5.75 Å². The molecule has 4 aromatic rings. The van der Waals surface area contributed by atoms with Crippen molar-refractivity contribution in [3.05, 3.63) is 65.3 Å². The summed E-state index contributed by atoms with van der Waals surface area (Å²) in [4.78, 5) is 4.59. The summed E-state index contributed by atoms with van der Waals surface area (Å²) in [6.45, 7) is 0.503. The number of fused-ring (bicyclic) bond motifs is 3. The van der Waals surface area contributed by atoms with Gasteiger partial charge < -0.3 is 9.30 Å². The standard InChI is InChI=1S/C19H16ClN3O3S/c1-26-13-9-15-18-17(3-2-8-22-18)23(19(15)16(20)10-13)11-12-4-6-14(7-5-12)27(21,24)25/h2-10H,11H2,1H3,(H2,21,24,25). The lowest BCUT2D eigenvalue weighted by Gasteiger charge is -2.10. The van der Waals surface area contributed by atoms with E-state index in [4.69, 9.17) is 21.5 Å². The number of hydrogen-bond donors (Lipinski definition) is 1. The summed E-state index contributed by atoms with van der Waals surface area (Å²) in [7, 11) is -2.12. The van der Waals surface area contributed by atoms with E-state index in [9.17, 15) is 8.42 Å². The molecule has 4 rings (SSSR count). The van der Waals surface area contributed by atoms with Gasteiger partial charge in [-0.1, -0.05) is 23.7 Å². The summed E-state index contributed by atoms with van der Waals surface area (Å²) in [6.07, 6.45) is 1.74. The zero-order chi connectivity index (χ0) is 19.2. The molecule has 0 aliphatic carbocycles. The zero-order valence-electron chi connectivity index (χ0n) is 14.4. The Morgan fingerprint density at radius 1 is 1.19 bits per heavy atom. The van der Waals surface area contributed by atoms with E-state index in [2.05, 4.69) is 9.55 Å². The van der Waals surface area contributed by atoms with Crippen LogP contribution in [0.25, 0.3) is 21.9 Å². The normalized spacial score (nSPS) is 12.0. The second-order valence-corrected chi connectivity index (χ2v) is 8.12. The molecular formula is C19H16ClN3O3S. The Kier molecular flexibility index (Phi) is 4.30. The highest BCUT2D eigenvalue weighted by molar-refractivity contribution is 7.89. The Bertz CT molecular complexity index is 1270. The summed E-state index contributed by atoms with van der Waals surface area (Å²) < 4.78 is 30.3. The van der Waals surface area contributed by atoms with Crippen LogP contribution in [0.5, 0.6) is 5.75 Å². The van der Waals surface area contributed by atoms with Gasteiger partial charge in [-0.15, -0.1) is 0 Å². The fraction of sp³-hybridized carbons (Fsp3) is 0.105. The Morgan fingerprint density at radius 2 is 1.93 bits per heavy atom. The predicted molar refractivity (Wildman–Crippen MR) is 106 cm³/mol. The number of ether oxygens (including phenoxy) is 1. The van der Waals surface area contributed by atoms with Crippen LogP contribution in [0.2, 0.25) is 5.02 Å². The van der Waals surface area contributed by atoms with E-state index in [-0.39, 0.29) is 4.90 Å². The van der Waals surface area contributed by atoms with Crippen LogP contribution >= 0.6 is 11.6 Å². The van der Waals surface area contributed by atoms with Crippen molar-refractivity contribution in [3.63, 3.8) is 0 Å².